The van der Waals surface area contributed by atoms with Gasteiger partial charge in [0.1, 0.15) is 0 Å². The Morgan fingerprint density at radius 2 is 1.13 bits per heavy atom. The summed E-state index contributed by atoms with van der Waals surface area (Å²) in [6.45, 7) is 6.90. The van der Waals surface area contributed by atoms with Crippen LogP contribution in [-0.2, 0) is 0 Å². The molecule has 15 heavy (non-hydrogen) atoms. The van der Waals surface area contributed by atoms with Gasteiger partial charge in [-0.2, -0.15) is 0 Å². The molecule has 2 radical (unpaired) electrons. The quantitative estimate of drug-likeness (QED) is 0.541. The third-order valence-corrected chi connectivity index (χ3v) is 4.91. The van der Waals surface area contributed by atoms with E-state index >= 15 is 0 Å². The summed E-state index contributed by atoms with van der Waals surface area (Å²) in [4.78, 5) is 0. The second kappa shape index (κ2) is 11.0. The zero-order valence-electron chi connectivity index (χ0n) is 10.9. The Balaban J connectivity index is 4.14. The molecule has 0 unspecified atom stereocenters. The van der Waals surface area contributed by atoms with Crippen LogP contribution in [0, 0.1) is 0 Å². The molecule has 0 nitrogen and oxygen atoms in total. The van der Waals surface area contributed by atoms with E-state index in [1.165, 1.54) is 80.3 Å². The fourth-order valence-corrected chi connectivity index (χ4v) is 3.18. The predicted molar refractivity (Wildman–Crippen MR) is 72.8 cm³/mol. The average Bonchev–Trinajstić information content (AvgIpc) is 2.26. The first-order valence-corrected chi connectivity index (χ1v) is 8.37. The van der Waals surface area contributed by atoms with E-state index in [1.807, 2.05) is 9.16 Å². The van der Waals surface area contributed by atoms with Gasteiger partial charge in [-0.25, -0.2) is 0 Å². The minimum absolute atomic E-state index is 1.34. The molecule has 0 aliphatic rings. The number of allylic oxidation sites excluding steroid dienone is 2. The molecule has 0 aliphatic carbocycles. The van der Waals surface area contributed by atoms with Crippen molar-refractivity contribution in [2.75, 3.05) is 0 Å². The van der Waals surface area contributed by atoms with Gasteiger partial charge in [-0.3, -0.25) is 0 Å². The van der Waals surface area contributed by atoms with Crippen molar-refractivity contribution in [2.45, 2.75) is 78.6 Å². The molecule has 0 saturated heterocycles. The van der Waals surface area contributed by atoms with Gasteiger partial charge in [0.2, 0.25) is 0 Å². The Hall–Kier alpha value is 0.539. The third kappa shape index (κ3) is 8.36. The molecule has 0 fully saturated rings. The van der Waals surface area contributed by atoms with Crippen molar-refractivity contribution in [3.8, 4) is 0 Å². The monoisotopic (exact) mass is 316 g/mol. The number of hydrogen-bond acceptors (Lipinski definition) is 0. The standard InChI is InChI=1S/C14H27.Sn.H/c1-4-7-10-13-14(11-8-5-2)12-9-6-3;;/h4-12H2,1-3H3;;. The van der Waals surface area contributed by atoms with Crippen molar-refractivity contribution in [2.24, 2.45) is 0 Å². The molecule has 0 amide bonds. The number of rotatable bonds is 9. The second-order valence-electron chi connectivity index (χ2n) is 4.44. The number of hydrogen-bond donors (Lipinski definition) is 0. The molecule has 0 spiro atoms. The van der Waals surface area contributed by atoms with E-state index in [2.05, 4.69) is 20.8 Å². The normalized spacial score (nSPS) is 10.4. The zero-order valence-corrected chi connectivity index (χ0v) is 14.2. The van der Waals surface area contributed by atoms with Crippen molar-refractivity contribution < 1.29 is 0 Å². The molecule has 0 atom stereocenters. The summed E-state index contributed by atoms with van der Waals surface area (Å²) in [5.74, 6) is 0. The topological polar surface area (TPSA) is 0 Å². The van der Waals surface area contributed by atoms with Crippen molar-refractivity contribution in [1.82, 2.24) is 0 Å². The molecule has 0 aromatic carbocycles. The molecular formula is C14H28Sn. The molecule has 0 aromatic rings. The molecule has 1 heteroatoms. The van der Waals surface area contributed by atoms with E-state index in [0.717, 1.165) is 0 Å². The SMILES string of the molecule is CCCC[C]([SnH])=C(CCCC)CCCC. The van der Waals surface area contributed by atoms with Crippen LogP contribution >= 0.6 is 0 Å². The summed E-state index contributed by atoms with van der Waals surface area (Å²) in [7, 11) is 0. The van der Waals surface area contributed by atoms with Crippen molar-refractivity contribution in [3.63, 3.8) is 0 Å². The van der Waals surface area contributed by atoms with E-state index in [1.54, 1.807) is 0 Å². The molecular weight excluding hydrogens is 287 g/mol. The van der Waals surface area contributed by atoms with E-state index in [9.17, 15) is 0 Å². The molecule has 0 aromatic heterocycles. The Morgan fingerprint density at radius 3 is 1.53 bits per heavy atom. The van der Waals surface area contributed by atoms with Crippen LogP contribution in [0.4, 0.5) is 0 Å². The summed E-state index contributed by atoms with van der Waals surface area (Å²) in [6, 6.07) is 0. The first-order chi connectivity index (χ1) is 7.26. The third-order valence-electron chi connectivity index (χ3n) is 2.92. The van der Waals surface area contributed by atoms with Crippen molar-refractivity contribution in [1.29, 1.82) is 0 Å². The van der Waals surface area contributed by atoms with Crippen LogP contribution in [-0.4, -0.2) is 22.5 Å². The van der Waals surface area contributed by atoms with Gasteiger partial charge in [0.05, 0.1) is 0 Å². The molecule has 0 bridgehead atoms. The minimum atomic E-state index is 1.34. The average molecular weight is 315 g/mol. The summed E-state index contributed by atoms with van der Waals surface area (Å²) in [6.07, 6.45) is 12.4. The van der Waals surface area contributed by atoms with Gasteiger partial charge in [0.15, 0.2) is 0 Å². The first kappa shape index (κ1) is 15.5. The van der Waals surface area contributed by atoms with Crippen LogP contribution in [0.25, 0.3) is 0 Å². The number of unbranched alkanes of at least 4 members (excludes halogenated alkanes) is 3. The van der Waals surface area contributed by atoms with Crippen LogP contribution in [0.2, 0.25) is 0 Å². The van der Waals surface area contributed by atoms with E-state index in [4.69, 9.17) is 0 Å². The van der Waals surface area contributed by atoms with Crippen LogP contribution in [0.5, 0.6) is 0 Å². The predicted octanol–water partition coefficient (Wildman–Crippen LogP) is 4.71. The van der Waals surface area contributed by atoms with E-state index < -0.39 is 0 Å². The van der Waals surface area contributed by atoms with Gasteiger partial charge in [-0.1, -0.05) is 0 Å². The van der Waals surface area contributed by atoms with Crippen LogP contribution in [0.3, 0.4) is 0 Å². The summed E-state index contributed by atoms with van der Waals surface area (Å²) in [5.41, 5.74) is 1.83. The van der Waals surface area contributed by atoms with Crippen molar-refractivity contribution >= 4 is 22.5 Å². The Kier molecular flexibility index (Phi) is 11.4. The zero-order chi connectivity index (χ0) is 11.5. The fourth-order valence-electron chi connectivity index (χ4n) is 1.77. The maximum absolute atomic E-state index is 2.30. The van der Waals surface area contributed by atoms with Crippen LogP contribution in [0.1, 0.15) is 78.6 Å². The van der Waals surface area contributed by atoms with E-state index in [-0.39, 0.29) is 0 Å². The summed E-state index contributed by atoms with van der Waals surface area (Å²) >= 11 is 1.37. The van der Waals surface area contributed by atoms with Crippen LogP contribution < -0.4 is 0 Å². The first-order valence-electron chi connectivity index (χ1n) is 6.72. The summed E-state index contributed by atoms with van der Waals surface area (Å²) < 4.78 is 1.82. The van der Waals surface area contributed by atoms with Gasteiger partial charge < -0.3 is 0 Å². The van der Waals surface area contributed by atoms with Gasteiger partial charge in [0, 0.05) is 0 Å². The molecule has 0 heterocycles. The Morgan fingerprint density at radius 1 is 0.733 bits per heavy atom. The maximum atomic E-state index is 2.30. The van der Waals surface area contributed by atoms with Gasteiger partial charge in [0.25, 0.3) is 0 Å². The van der Waals surface area contributed by atoms with Gasteiger partial charge >= 0.3 is 110 Å². The van der Waals surface area contributed by atoms with Gasteiger partial charge in [-0.05, 0) is 0 Å². The van der Waals surface area contributed by atoms with Gasteiger partial charge in [-0.15, -0.1) is 0 Å². The summed E-state index contributed by atoms with van der Waals surface area (Å²) in [5, 5.41) is 0. The molecule has 88 valence electrons. The Bertz CT molecular complexity index is 160. The molecule has 0 rings (SSSR count). The molecule has 0 aliphatic heterocycles. The second-order valence-corrected chi connectivity index (χ2v) is 6.43. The van der Waals surface area contributed by atoms with E-state index in [0.29, 0.717) is 0 Å². The van der Waals surface area contributed by atoms with Crippen LogP contribution in [0.15, 0.2) is 9.16 Å². The molecule has 0 saturated carbocycles. The fraction of sp³-hybridized carbons (Fsp3) is 0.857. The van der Waals surface area contributed by atoms with Crippen molar-refractivity contribution in [3.05, 3.63) is 9.16 Å². The molecule has 0 N–H and O–H groups in total. The Labute approximate surface area is 110 Å².